The van der Waals surface area contributed by atoms with E-state index in [1.807, 2.05) is 27.6 Å². The molecule has 12 heteroatoms. The summed E-state index contributed by atoms with van der Waals surface area (Å²) in [4.78, 5) is 31.7. The number of rotatable bonds is 9. The number of benzene rings is 2. The molecule has 8 N–H and O–H groups in total. The number of nitrogens with two attached hydrogens (primary N) is 3. The molecular weight excluding hydrogens is 618 g/mol. The van der Waals surface area contributed by atoms with Crippen LogP contribution in [-0.4, -0.2) is 60.8 Å². The van der Waals surface area contributed by atoms with E-state index in [1.165, 1.54) is 5.56 Å². The zero-order chi connectivity index (χ0) is 34.1. The van der Waals surface area contributed by atoms with Crippen molar-refractivity contribution in [3.8, 4) is 5.75 Å². The standard InChI is InChI=1S/C37H41N9O3/c38-30(27-8-1-2-10-33(27)47)19-28(35(39)40)24-20-42-45(21-24)25-7-5-17-44(22-25)16-4-6-23-11-12-31-29(18-23)26-9-3-15-41-36(26)46(31)32-13-14-34(48)43-37(32)49/h1-3,8-12,15,18-21,25,32,47H,4-7,13-14,16-17,22,38-40H2,(H,43,48,49)/b30-19-. The fraction of sp³-hybridized carbons (Fsp3) is 0.297. The van der Waals surface area contributed by atoms with Crippen LogP contribution in [0.15, 0.2) is 85.1 Å². The molecule has 2 fully saturated rings. The fourth-order valence-electron chi connectivity index (χ4n) is 7.24. The Morgan fingerprint density at radius 1 is 1.04 bits per heavy atom. The smallest absolute Gasteiger partial charge is 0.249 e. The van der Waals surface area contributed by atoms with Gasteiger partial charge in [-0.15, -0.1) is 0 Å². The molecule has 0 saturated carbocycles. The maximum Gasteiger partial charge on any atom is 0.249 e. The van der Waals surface area contributed by atoms with E-state index in [4.69, 9.17) is 17.2 Å². The van der Waals surface area contributed by atoms with Gasteiger partial charge in [-0.25, -0.2) is 4.98 Å². The van der Waals surface area contributed by atoms with Gasteiger partial charge in [-0.2, -0.15) is 5.10 Å². The number of pyridine rings is 1. The van der Waals surface area contributed by atoms with Crippen LogP contribution in [0.1, 0.15) is 60.9 Å². The number of carbonyl (C=O) groups is 2. The number of para-hydroxylation sites is 1. The molecular formula is C37H41N9O3. The van der Waals surface area contributed by atoms with Gasteiger partial charge in [0.1, 0.15) is 23.3 Å². The van der Waals surface area contributed by atoms with Crippen LogP contribution in [0.5, 0.6) is 5.75 Å². The molecule has 0 bridgehead atoms. The molecule has 2 saturated heterocycles. The normalized spacial score (nSPS) is 19.0. The minimum absolute atomic E-state index is 0.0828. The van der Waals surface area contributed by atoms with Gasteiger partial charge in [0.15, 0.2) is 0 Å². The number of imide groups is 1. The molecule has 2 aromatic carbocycles. The van der Waals surface area contributed by atoms with E-state index in [-0.39, 0.29) is 29.4 Å². The number of phenols is 1. The number of aromatic hydroxyl groups is 1. The zero-order valence-electron chi connectivity index (χ0n) is 27.3. The molecule has 0 spiro atoms. The number of fused-ring (bicyclic) bond motifs is 3. The molecule has 5 heterocycles. The number of nitrogens with one attached hydrogen (secondary N) is 1. The van der Waals surface area contributed by atoms with Gasteiger partial charge in [0.2, 0.25) is 11.8 Å². The van der Waals surface area contributed by atoms with Gasteiger partial charge >= 0.3 is 0 Å². The van der Waals surface area contributed by atoms with Crippen LogP contribution in [0, 0.1) is 0 Å². The van der Waals surface area contributed by atoms with E-state index >= 15 is 0 Å². The zero-order valence-corrected chi connectivity index (χ0v) is 27.3. The molecule has 0 aliphatic carbocycles. The quantitative estimate of drug-likeness (QED) is 0.116. The molecule has 3 aromatic heterocycles. The number of amides is 2. The first kappa shape index (κ1) is 32.0. The molecule has 5 aromatic rings. The van der Waals surface area contributed by atoms with E-state index in [0.717, 1.165) is 72.8 Å². The number of phenolic OH excluding ortho intramolecular Hbond substituents is 1. The van der Waals surface area contributed by atoms with Crippen molar-refractivity contribution in [2.75, 3.05) is 19.6 Å². The number of hydrogen-bond acceptors (Lipinski definition) is 9. The number of allylic oxidation sites excluding steroid dienone is 2. The number of aromatic nitrogens is 4. The maximum absolute atomic E-state index is 12.8. The van der Waals surface area contributed by atoms with Crippen molar-refractivity contribution in [1.29, 1.82) is 0 Å². The highest BCUT2D eigenvalue weighted by Gasteiger charge is 2.31. The van der Waals surface area contributed by atoms with Gasteiger partial charge in [0.25, 0.3) is 0 Å². The van der Waals surface area contributed by atoms with Crippen LogP contribution in [-0.2, 0) is 16.0 Å². The highest BCUT2D eigenvalue weighted by Crippen LogP contribution is 2.34. The van der Waals surface area contributed by atoms with Gasteiger partial charge in [-0.1, -0.05) is 18.2 Å². The van der Waals surface area contributed by atoms with Crippen LogP contribution < -0.4 is 22.5 Å². The molecule has 49 heavy (non-hydrogen) atoms. The Morgan fingerprint density at radius 2 is 1.90 bits per heavy atom. The van der Waals surface area contributed by atoms with Crippen molar-refractivity contribution in [3.05, 3.63) is 102 Å². The largest absolute Gasteiger partial charge is 0.507 e. The van der Waals surface area contributed by atoms with Crippen molar-refractivity contribution < 1.29 is 14.7 Å². The third-order valence-electron chi connectivity index (χ3n) is 9.68. The Labute approximate surface area is 283 Å². The van der Waals surface area contributed by atoms with Gasteiger partial charge in [-0.3, -0.25) is 19.6 Å². The number of carbonyl (C=O) groups excluding carboxylic acids is 2. The third kappa shape index (κ3) is 6.47. The predicted molar refractivity (Wildman–Crippen MR) is 189 cm³/mol. The lowest BCUT2D eigenvalue weighted by Gasteiger charge is -2.32. The lowest BCUT2D eigenvalue weighted by molar-refractivity contribution is -0.135. The number of nitrogens with zero attached hydrogens (tertiary/aromatic N) is 5. The Bertz CT molecular complexity index is 2110. The molecule has 2 unspecified atom stereocenters. The summed E-state index contributed by atoms with van der Waals surface area (Å²) in [5.74, 6) is -0.297. The SMILES string of the molecule is NC(N)=C(/C=C(\N)c1ccccc1O)c1cnn(C2CCCN(CCCc3ccc4c(c3)c3cccnc3n4C3CCC(=O)NC3=O)C2)c1. The Hall–Kier alpha value is -5.62. The van der Waals surface area contributed by atoms with Gasteiger partial charge in [0, 0.05) is 58.5 Å². The maximum atomic E-state index is 12.8. The predicted octanol–water partition coefficient (Wildman–Crippen LogP) is 3.92. The van der Waals surface area contributed by atoms with Gasteiger partial charge < -0.3 is 31.8 Å². The topological polar surface area (TPSA) is 183 Å². The lowest BCUT2D eigenvalue weighted by Crippen LogP contribution is -2.41. The summed E-state index contributed by atoms with van der Waals surface area (Å²) in [6.07, 6.45) is 11.9. The highest BCUT2D eigenvalue weighted by atomic mass is 16.3. The molecule has 2 amide bonds. The minimum Gasteiger partial charge on any atom is -0.507 e. The second-order valence-electron chi connectivity index (χ2n) is 13.0. The Balaban J connectivity index is 1.02. The fourth-order valence-corrected chi connectivity index (χ4v) is 7.24. The first-order valence-electron chi connectivity index (χ1n) is 16.8. The third-order valence-corrected chi connectivity index (χ3v) is 9.68. The second-order valence-corrected chi connectivity index (χ2v) is 13.0. The summed E-state index contributed by atoms with van der Waals surface area (Å²) in [7, 11) is 0. The summed E-state index contributed by atoms with van der Waals surface area (Å²) < 4.78 is 3.99. The van der Waals surface area contributed by atoms with Gasteiger partial charge in [-0.05, 0) is 93.2 Å². The molecule has 12 nitrogen and oxygen atoms in total. The molecule has 252 valence electrons. The first-order valence-corrected chi connectivity index (χ1v) is 16.8. The molecule has 2 aliphatic heterocycles. The number of hydrogen-bond donors (Lipinski definition) is 5. The highest BCUT2D eigenvalue weighted by molar-refractivity contribution is 6.09. The minimum atomic E-state index is -0.468. The summed E-state index contributed by atoms with van der Waals surface area (Å²) >= 11 is 0. The molecule has 0 radical (unpaired) electrons. The van der Waals surface area contributed by atoms with E-state index < -0.39 is 6.04 Å². The van der Waals surface area contributed by atoms with E-state index in [0.29, 0.717) is 29.7 Å². The van der Waals surface area contributed by atoms with E-state index in [1.54, 1.807) is 42.7 Å². The summed E-state index contributed by atoms with van der Waals surface area (Å²) in [5.41, 5.74) is 23.6. The molecule has 2 aliphatic rings. The van der Waals surface area contributed by atoms with Crippen molar-refractivity contribution in [2.24, 2.45) is 17.2 Å². The van der Waals surface area contributed by atoms with Crippen molar-refractivity contribution >= 4 is 45.0 Å². The van der Waals surface area contributed by atoms with E-state index in [2.05, 4.69) is 38.5 Å². The van der Waals surface area contributed by atoms with Crippen molar-refractivity contribution in [3.63, 3.8) is 0 Å². The van der Waals surface area contributed by atoms with Crippen molar-refractivity contribution in [2.45, 2.75) is 50.6 Å². The van der Waals surface area contributed by atoms with Crippen LogP contribution >= 0.6 is 0 Å². The molecule has 2 atom stereocenters. The number of piperidine rings is 2. The van der Waals surface area contributed by atoms with Crippen LogP contribution in [0.4, 0.5) is 0 Å². The second kappa shape index (κ2) is 13.5. The van der Waals surface area contributed by atoms with Crippen LogP contribution in [0.2, 0.25) is 0 Å². The average molecular weight is 660 g/mol. The van der Waals surface area contributed by atoms with Gasteiger partial charge in [0.05, 0.1) is 17.8 Å². The number of likely N-dealkylation sites (tertiary alicyclic amines) is 1. The summed E-state index contributed by atoms with van der Waals surface area (Å²) in [6.45, 7) is 2.89. The number of aryl methyl sites for hydroxylation is 1. The van der Waals surface area contributed by atoms with Crippen LogP contribution in [0.3, 0.4) is 0 Å². The summed E-state index contributed by atoms with van der Waals surface area (Å²) in [6, 6.07) is 17.0. The summed E-state index contributed by atoms with van der Waals surface area (Å²) in [5, 5.41) is 19.5. The molecule has 7 rings (SSSR count). The average Bonchev–Trinajstić information content (AvgIpc) is 3.71. The van der Waals surface area contributed by atoms with E-state index in [9.17, 15) is 14.7 Å². The Kier molecular flexibility index (Phi) is 8.79. The first-order chi connectivity index (χ1) is 23.8. The lowest BCUT2D eigenvalue weighted by atomic mass is 10.0. The van der Waals surface area contributed by atoms with Crippen LogP contribution in [0.25, 0.3) is 33.2 Å². The monoisotopic (exact) mass is 659 g/mol. The van der Waals surface area contributed by atoms with Crippen molar-refractivity contribution in [1.82, 2.24) is 29.5 Å². The Morgan fingerprint density at radius 3 is 2.71 bits per heavy atom.